The molecular formula is C14H12S. The van der Waals surface area contributed by atoms with Gasteiger partial charge in [-0.25, -0.2) is 0 Å². The van der Waals surface area contributed by atoms with Crippen molar-refractivity contribution in [1.29, 1.82) is 0 Å². The van der Waals surface area contributed by atoms with E-state index in [1.807, 2.05) is 11.8 Å². The van der Waals surface area contributed by atoms with E-state index in [0.29, 0.717) is 0 Å². The molecule has 3 rings (SSSR count). The van der Waals surface area contributed by atoms with Gasteiger partial charge in [-0.05, 0) is 22.3 Å². The number of benzene rings is 2. The van der Waals surface area contributed by atoms with Gasteiger partial charge in [-0.2, -0.15) is 11.8 Å². The van der Waals surface area contributed by atoms with Crippen molar-refractivity contribution >= 4 is 11.8 Å². The third-order valence-electron chi connectivity index (χ3n) is 2.84. The molecule has 0 saturated heterocycles. The summed E-state index contributed by atoms with van der Waals surface area (Å²) in [7, 11) is 0. The van der Waals surface area contributed by atoms with Crippen LogP contribution in [0, 0.1) is 0 Å². The average molecular weight is 212 g/mol. The summed E-state index contributed by atoms with van der Waals surface area (Å²) >= 11 is 2.00. The predicted octanol–water partition coefficient (Wildman–Crippen LogP) is 4.10. The van der Waals surface area contributed by atoms with Gasteiger partial charge in [0.15, 0.2) is 0 Å². The van der Waals surface area contributed by atoms with E-state index in [9.17, 15) is 0 Å². The van der Waals surface area contributed by atoms with Gasteiger partial charge in [0, 0.05) is 11.5 Å². The summed E-state index contributed by atoms with van der Waals surface area (Å²) < 4.78 is 0. The second kappa shape index (κ2) is 3.74. The van der Waals surface area contributed by atoms with E-state index in [4.69, 9.17) is 0 Å². The number of hydrogen-bond acceptors (Lipinski definition) is 1. The first-order valence-electron chi connectivity index (χ1n) is 5.19. The number of rotatable bonds is 0. The van der Waals surface area contributed by atoms with Crippen LogP contribution in [0.5, 0.6) is 0 Å². The molecule has 15 heavy (non-hydrogen) atoms. The maximum absolute atomic E-state index is 2.24. The first-order valence-corrected chi connectivity index (χ1v) is 6.34. The molecule has 0 atom stereocenters. The Morgan fingerprint density at radius 3 is 1.67 bits per heavy atom. The molecule has 1 heteroatoms. The first kappa shape index (κ1) is 9.05. The molecule has 0 saturated carbocycles. The molecule has 0 N–H and O–H groups in total. The molecule has 0 aromatic heterocycles. The molecule has 0 aliphatic carbocycles. The molecule has 0 spiro atoms. The van der Waals surface area contributed by atoms with Gasteiger partial charge < -0.3 is 0 Å². The minimum Gasteiger partial charge on any atom is -0.152 e. The molecule has 1 aliphatic heterocycles. The normalized spacial score (nSPS) is 13.9. The number of fused-ring (bicyclic) bond motifs is 3. The van der Waals surface area contributed by atoms with Crippen LogP contribution >= 0.6 is 11.8 Å². The minimum absolute atomic E-state index is 1.13. The average Bonchev–Trinajstić information content (AvgIpc) is 2.48. The molecule has 1 aliphatic rings. The molecule has 2 aromatic rings. The van der Waals surface area contributed by atoms with Crippen molar-refractivity contribution in [3.63, 3.8) is 0 Å². The monoisotopic (exact) mass is 212 g/mol. The van der Waals surface area contributed by atoms with Crippen molar-refractivity contribution in [2.24, 2.45) is 0 Å². The standard InChI is InChI=1S/C14H12S/c1-3-7-13-11(5-1)9-15-10-12-6-2-4-8-14(12)13/h1-8H,9-10H2. The van der Waals surface area contributed by atoms with Crippen LogP contribution in [0.3, 0.4) is 0 Å². The Kier molecular flexibility index (Phi) is 2.26. The quantitative estimate of drug-likeness (QED) is 0.633. The lowest BCUT2D eigenvalue weighted by molar-refractivity contribution is 1.41. The SMILES string of the molecule is c1ccc2c(c1)CSCc1ccccc1-2. The summed E-state index contributed by atoms with van der Waals surface area (Å²) in [5.41, 5.74) is 5.76. The Labute approximate surface area is 94.3 Å². The molecule has 74 valence electrons. The highest BCUT2D eigenvalue weighted by atomic mass is 32.2. The fraction of sp³-hybridized carbons (Fsp3) is 0.143. The molecule has 0 unspecified atom stereocenters. The van der Waals surface area contributed by atoms with Gasteiger partial charge in [-0.1, -0.05) is 48.5 Å². The summed E-state index contributed by atoms with van der Waals surface area (Å²) in [6.07, 6.45) is 0. The van der Waals surface area contributed by atoms with Crippen LogP contribution < -0.4 is 0 Å². The van der Waals surface area contributed by atoms with Crippen LogP contribution in [0.1, 0.15) is 11.1 Å². The van der Waals surface area contributed by atoms with E-state index in [-0.39, 0.29) is 0 Å². The fourth-order valence-corrected chi connectivity index (χ4v) is 3.13. The lowest BCUT2D eigenvalue weighted by atomic mass is 9.97. The molecule has 2 aromatic carbocycles. The zero-order chi connectivity index (χ0) is 10.1. The van der Waals surface area contributed by atoms with Gasteiger partial charge in [0.2, 0.25) is 0 Å². The Bertz CT molecular complexity index is 443. The molecule has 0 bridgehead atoms. The van der Waals surface area contributed by atoms with Crippen LogP contribution in [0.2, 0.25) is 0 Å². The van der Waals surface area contributed by atoms with Crippen molar-refractivity contribution in [2.75, 3.05) is 0 Å². The van der Waals surface area contributed by atoms with E-state index in [2.05, 4.69) is 48.5 Å². The van der Waals surface area contributed by atoms with Gasteiger partial charge in [-0.3, -0.25) is 0 Å². The van der Waals surface area contributed by atoms with Crippen LogP contribution in [-0.2, 0) is 11.5 Å². The molecule has 1 heterocycles. The van der Waals surface area contributed by atoms with Crippen molar-refractivity contribution in [1.82, 2.24) is 0 Å². The summed E-state index contributed by atoms with van der Waals surface area (Å²) in [5.74, 6) is 2.26. The highest BCUT2D eigenvalue weighted by molar-refractivity contribution is 7.97. The van der Waals surface area contributed by atoms with Crippen LogP contribution in [0.4, 0.5) is 0 Å². The van der Waals surface area contributed by atoms with E-state index in [1.165, 1.54) is 22.3 Å². The van der Waals surface area contributed by atoms with Gasteiger partial charge >= 0.3 is 0 Å². The van der Waals surface area contributed by atoms with Gasteiger partial charge in [0.1, 0.15) is 0 Å². The molecular weight excluding hydrogens is 200 g/mol. The predicted molar refractivity (Wildman–Crippen MR) is 66.9 cm³/mol. The summed E-state index contributed by atoms with van der Waals surface area (Å²) in [6, 6.07) is 17.5. The minimum atomic E-state index is 1.13. The zero-order valence-electron chi connectivity index (χ0n) is 8.44. The van der Waals surface area contributed by atoms with Gasteiger partial charge in [-0.15, -0.1) is 0 Å². The largest absolute Gasteiger partial charge is 0.152 e. The van der Waals surface area contributed by atoms with E-state index >= 15 is 0 Å². The van der Waals surface area contributed by atoms with Crippen molar-refractivity contribution in [2.45, 2.75) is 11.5 Å². The zero-order valence-corrected chi connectivity index (χ0v) is 9.26. The first-order chi connectivity index (χ1) is 7.45. The van der Waals surface area contributed by atoms with E-state index in [0.717, 1.165) is 11.5 Å². The molecule has 0 amide bonds. The summed E-state index contributed by atoms with van der Waals surface area (Å²) in [6.45, 7) is 0. The third-order valence-corrected chi connectivity index (χ3v) is 3.87. The lowest BCUT2D eigenvalue weighted by Gasteiger charge is -2.07. The van der Waals surface area contributed by atoms with E-state index in [1.54, 1.807) is 0 Å². The highest BCUT2D eigenvalue weighted by Crippen LogP contribution is 2.35. The smallest absolute Gasteiger partial charge is 0.0194 e. The van der Waals surface area contributed by atoms with E-state index < -0.39 is 0 Å². The molecule has 0 nitrogen and oxygen atoms in total. The summed E-state index contributed by atoms with van der Waals surface area (Å²) in [5, 5.41) is 0. The third kappa shape index (κ3) is 1.57. The fourth-order valence-electron chi connectivity index (χ4n) is 2.09. The molecule has 0 radical (unpaired) electrons. The van der Waals surface area contributed by atoms with Gasteiger partial charge in [0.05, 0.1) is 0 Å². The van der Waals surface area contributed by atoms with Crippen molar-refractivity contribution < 1.29 is 0 Å². The summed E-state index contributed by atoms with van der Waals surface area (Å²) in [4.78, 5) is 0. The Hall–Kier alpha value is -1.21. The molecule has 0 fully saturated rings. The van der Waals surface area contributed by atoms with Crippen LogP contribution in [0.25, 0.3) is 11.1 Å². The number of thioether (sulfide) groups is 1. The second-order valence-corrected chi connectivity index (χ2v) is 4.79. The highest BCUT2D eigenvalue weighted by Gasteiger charge is 2.12. The Morgan fingerprint density at radius 1 is 0.667 bits per heavy atom. The lowest BCUT2D eigenvalue weighted by Crippen LogP contribution is -1.86. The second-order valence-electron chi connectivity index (χ2n) is 3.81. The topological polar surface area (TPSA) is 0 Å². The maximum Gasteiger partial charge on any atom is 0.0194 e. The maximum atomic E-state index is 2.24. The van der Waals surface area contributed by atoms with Crippen molar-refractivity contribution in [3.05, 3.63) is 59.7 Å². The van der Waals surface area contributed by atoms with Crippen LogP contribution in [-0.4, -0.2) is 0 Å². The van der Waals surface area contributed by atoms with Crippen LogP contribution in [0.15, 0.2) is 48.5 Å². The van der Waals surface area contributed by atoms with Gasteiger partial charge in [0.25, 0.3) is 0 Å². The number of hydrogen-bond donors (Lipinski definition) is 0. The van der Waals surface area contributed by atoms with Crippen molar-refractivity contribution in [3.8, 4) is 11.1 Å². The Morgan fingerprint density at radius 2 is 1.13 bits per heavy atom. The Balaban J connectivity index is 2.27.